The predicted octanol–water partition coefficient (Wildman–Crippen LogP) is -0.593. The summed E-state index contributed by atoms with van der Waals surface area (Å²) >= 11 is 0. The van der Waals surface area contributed by atoms with Crippen LogP contribution in [-0.2, 0) is 4.79 Å². The standard InChI is InChI=1S/C11H22N4O/c1-14-5-7-15(8-6-14)13-10-3-2-4-12-11(16)9-10/h10,13H,2-9H2,1H3,(H,12,16). The number of carbonyl (C=O) groups excluding carboxylic acids is 1. The summed E-state index contributed by atoms with van der Waals surface area (Å²) in [5, 5.41) is 5.18. The Balaban J connectivity index is 1.77. The van der Waals surface area contributed by atoms with E-state index in [2.05, 4.69) is 27.7 Å². The van der Waals surface area contributed by atoms with Crippen LogP contribution in [0.3, 0.4) is 0 Å². The molecule has 0 radical (unpaired) electrons. The molecule has 2 fully saturated rings. The van der Waals surface area contributed by atoms with Crippen LogP contribution < -0.4 is 10.7 Å². The molecule has 0 aromatic rings. The van der Waals surface area contributed by atoms with Gasteiger partial charge in [-0.15, -0.1) is 0 Å². The van der Waals surface area contributed by atoms with E-state index in [1.807, 2.05) is 0 Å². The van der Waals surface area contributed by atoms with E-state index in [1.165, 1.54) is 0 Å². The first kappa shape index (κ1) is 11.8. The second kappa shape index (κ2) is 5.61. The van der Waals surface area contributed by atoms with Crippen LogP contribution in [0.4, 0.5) is 0 Å². The van der Waals surface area contributed by atoms with Crippen molar-refractivity contribution in [3.8, 4) is 0 Å². The third kappa shape index (κ3) is 3.43. The van der Waals surface area contributed by atoms with E-state index >= 15 is 0 Å². The Bertz CT molecular complexity index is 238. The molecule has 1 atom stereocenters. The van der Waals surface area contributed by atoms with Gasteiger partial charge in [-0.2, -0.15) is 0 Å². The highest BCUT2D eigenvalue weighted by molar-refractivity contribution is 5.76. The van der Waals surface area contributed by atoms with Crippen LogP contribution in [0.15, 0.2) is 0 Å². The summed E-state index contributed by atoms with van der Waals surface area (Å²) in [7, 11) is 2.15. The van der Waals surface area contributed by atoms with E-state index < -0.39 is 0 Å². The molecule has 2 saturated heterocycles. The number of amides is 1. The fraction of sp³-hybridized carbons (Fsp3) is 0.909. The van der Waals surface area contributed by atoms with Crippen LogP contribution in [-0.4, -0.2) is 61.6 Å². The predicted molar refractivity (Wildman–Crippen MR) is 62.9 cm³/mol. The van der Waals surface area contributed by atoms with Gasteiger partial charge in [0, 0.05) is 45.2 Å². The van der Waals surface area contributed by atoms with Gasteiger partial charge in [0.1, 0.15) is 0 Å². The zero-order chi connectivity index (χ0) is 11.4. The van der Waals surface area contributed by atoms with Gasteiger partial charge in [0.2, 0.25) is 5.91 Å². The molecule has 2 aliphatic heterocycles. The molecular weight excluding hydrogens is 204 g/mol. The first-order valence-electron chi connectivity index (χ1n) is 6.20. The zero-order valence-electron chi connectivity index (χ0n) is 10.0. The Kier molecular flexibility index (Phi) is 4.15. The number of piperazine rings is 1. The highest BCUT2D eigenvalue weighted by atomic mass is 16.1. The molecule has 5 heteroatoms. The Labute approximate surface area is 97.1 Å². The monoisotopic (exact) mass is 226 g/mol. The SMILES string of the molecule is CN1CCN(NC2CCCNC(=O)C2)CC1. The van der Waals surface area contributed by atoms with Crippen LogP contribution >= 0.6 is 0 Å². The van der Waals surface area contributed by atoms with E-state index in [-0.39, 0.29) is 5.91 Å². The average Bonchev–Trinajstić information content (AvgIpc) is 2.46. The summed E-state index contributed by atoms with van der Waals surface area (Å²) in [4.78, 5) is 13.7. The van der Waals surface area contributed by atoms with Gasteiger partial charge in [0.05, 0.1) is 0 Å². The summed E-state index contributed by atoms with van der Waals surface area (Å²) in [6.45, 7) is 5.14. The van der Waals surface area contributed by atoms with Crippen molar-refractivity contribution in [2.75, 3.05) is 39.8 Å². The average molecular weight is 226 g/mol. The molecule has 2 heterocycles. The molecule has 0 aromatic carbocycles. The number of hydrogen-bond donors (Lipinski definition) is 2. The molecule has 0 bridgehead atoms. The fourth-order valence-electron chi connectivity index (χ4n) is 2.28. The zero-order valence-corrected chi connectivity index (χ0v) is 10.0. The van der Waals surface area contributed by atoms with Gasteiger partial charge in [0.25, 0.3) is 0 Å². The minimum Gasteiger partial charge on any atom is -0.356 e. The Morgan fingerprint density at radius 1 is 1.31 bits per heavy atom. The Hall–Kier alpha value is -0.650. The molecule has 1 amide bonds. The van der Waals surface area contributed by atoms with Crippen molar-refractivity contribution in [3.63, 3.8) is 0 Å². The van der Waals surface area contributed by atoms with Gasteiger partial charge < -0.3 is 10.2 Å². The summed E-state index contributed by atoms with van der Waals surface area (Å²) in [6.07, 6.45) is 2.79. The van der Waals surface area contributed by atoms with E-state index in [0.29, 0.717) is 12.5 Å². The van der Waals surface area contributed by atoms with Crippen molar-refractivity contribution in [2.24, 2.45) is 0 Å². The van der Waals surface area contributed by atoms with Crippen LogP contribution in [0.5, 0.6) is 0 Å². The Morgan fingerprint density at radius 3 is 2.81 bits per heavy atom. The van der Waals surface area contributed by atoms with E-state index in [4.69, 9.17) is 0 Å². The minimum absolute atomic E-state index is 0.184. The molecular formula is C11H22N4O. The lowest BCUT2D eigenvalue weighted by Gasteiger charge is -2.35. The van der Waals surface area contributed by atoms with Gasteiger partial charge in [0.15, 0.2) is 0 Å². The molecule has 0 saturated carbocycles. The van der Waals surface area contributed by atoms with Crippen molar-refractivity contribution >= 4 is 5.91 Å². The summed E-state index contributed by atoms with van der Waals surface area (Å²) < 4.78 is 0. The number of likely N-dealkylation sites (N-methyl/N-ethyl adjacent to an activating group) is 1. The lowest BCUT2D eigenvalue weighted by molar-refractivity contribution is -0.121. The van der Waals surface area contributed by atoms with Gasteiger partial charge in [-0.1, -0.05) is 0 Å². The van der Waals surface area contributed by atoms with E-state index in [0.717, 1.165) is 45.6 Å². The largest absolute Gasteiger partial charge is 0.356 e. The molecule has 0 aromatic heterocycles. The van der Waals surface area contributed by atoms with Crippen LogP contribution in [0.2, 0.25) is 0 Å². The van der Waals surface area contributed by atoms with E-state index in [1.54, 1.807) is 0 Å². The van der Waals surface area contributed by atoms with Crippen LogP contribution in [0.25, 0.3) is 0 Å². The summed E-state index contributed by atoms with van der Waals surface area (Å²) in [5.74, 6) is 0.184. The highest BCUT2D eigenvalue weighted by Crippen LogP contribution is 2.07. The highest BCUT2D eigenvalue weighted by Gasteiger charge is 2.21. The van der Waals surface area contributed by atoms with Gasteiger partial charge in [-0.3, -0.25) is 10.2 Å². The fourth-order valence-corrected chi connectivity index (χ4v) is 2.28. The number of hydrogen-bond acceptors (Lipinski definition) is 4. The maximum absolute atomic E-state index is 11.4. The topological polar surface area (TPSA) is 47.6 Å². The molecule has 92 valence electrons. The first-order valence-corrected chi connectivity index (χ1v) is 6.20. The third-order valence-electron chi connectivity index (χ3n) is 3.35. The number of nitrogens with one attached hydrogen (secondary N) is 2. The van der Waals surface area contributed by atoms with Crippen LogP contribution in [0, 0.1) is 0 Å². The second-order valence-corrected chi connectivity index (χ2v) is 4.81. The molecule has 16 heavy (non-hydrogen) atoms. The van der Waals surface area contributed by atoms with Crippen molar-refractivity contribution < 1.29 is 4.79 Å². The lowest BCUT2D eigenvalue weighted by Crippen LogP contribution is -2.54. The molecule has 0 spiro atoms. The molecule has 1 unspecified atom stereocenters. The second-order valence-electron chi connectivity index (χ2n) is 4.81. The normalized spacial score (nSPS) is 29.8. The quantitative estimate of drug-likeness (QED) is 0.660. The van der Waals surface area contributed by atoms with Crippen molar-refractivity contribution in [1.82, 2.24) is 20.7 Å². The van der Waals surface area contributed by atoms with Crippen LogP contribution in [0.1, 0.15) is 19.3 Å². The molecule has 5 nitrogen and oxygen atoms in total. The maximum Gasteiger partial charge on any atom is 0.221 e. The van der Waals surface area contributed by atoms with Gasteiger partial charge in [-0.05, 0) is 19.9 Å². The lowest BCUT2D eigenvalue weighted by atomic mass is 10.1. The third-order valence-corrected chi connectivity index (χ3v) is 3.35. The van der Waals surface area contributed by atoms with Crippen molar-refractivity contribution in [1.29, 1.82) is 0 Å². The van der Waals surface area contributed by atoms with E-state index in [9.17, 15) is 4.79 Å². The molecule has 2 N–H and O–H groups in total. The maximum atomic E-state index is 11.4. The molecule has 2 aliphatic rings. The molecule has 2 rings (SSSR count). The first-order chi connectivity index (χ1) is 7.74. The number of hydrazine groups is 1. The smallest absolute Gasteiger partial charge is 0.221 e. The molecule has 0 aliphatic carbocycles. The summed E-state index contributed by atoms with van der Waals surface area (Å²) in [5.41, 5.74) is 3.49. The number of rotatable bonds is 2. The number of nitrogens with zero attached hydrogens (tertiary/aromatic N) is 2. The van der Waals surface area contributed by atoms with Gasteiger partial charge in [-0.25, -0.2) is 5.01 Å². The summed E-state index contributed by atoms with van der Waals surface area (Å²) in [6, 6.07) is 0.325. The minimum atomic E-state index is 0.184. The van der Waals surface area contributed by atoms with Gasteiger partial charge >= 0.3 is 0 Å². The van der Waals surface area contributed by atoms with Crippen molar-refractivity contribution in [2.45, 2.75) is 25.3 Å². The Morgan fingerprint density at radius 2 is 2.06 bits per heavy atom. The number of carbonyl (C=O) groups is 1. The van der Waals surface area contributed by atoms with Crippen molar-refractivity contribution in [3.05, 3.63) is 0 Å².